The molecule has 0 heterocycles. The molecule has 0 atom stereocenters. The van der Waals surface area contributed by atoms with Crippen molar-refractivity contribution >= 4 is 17.4 Å². The summed E-state index contributed by atoms with van der Waals surface area (Å²) in [5, 5.41) is 0.536. The zero-order chi connectivity index (χ0) is 13.2. The highest BCUT2D eigenvalue weighted by molar-refractivity contribution is 6.34. The molecule has 19 heavy (non-hydrogen) atoms. The molecule has 96 valence electrons. The third-order valence-electron chi connectivity index (χ3n) is 3.70. The lowest BCUT2D eigenvalue weighted by atomic mass is 9.99. The Balaban J connectivity index is 1.82. The maximum Gasteiger partial charge on any atom is 0.168 e. The second kappa shape index (κ2) is 5.18. The van der Waals surface area contributed by atoms with Crippen molar-refractivity contribution in [3.05, 3.63) is 69.7 Å². The van der Waals surface area contributed by atoms with Crippen molar-refractivity contribution in [3.63, 3.8) is 0 Å². The maximum absolute atomic E-state index is 12.3. The van der Waals surface area contributed by atoms with Crippen LogP contribution in [0.2, 0.25) is 5.02 Å². The van der Waals surface area contributed by atoms with Gasteiger partial charge in [-0.3, -0.25) is 4.79 Å². The molecule has 0 saturated carbocycles. The molecule has 1 aliphatic rings. The number of benzene rings is 2. The van der Waals surface area contributed by atoms with Crippen LogP contribution >= 0.6 is 11.6 Å². The van der Waals surface area contributed by atoms with Crippen molar-refractivity contribution < 1.29 is 4.79 Å². The Kier molecular flexibility index (Phi) is 3.39. The lowest BCUT2D eigenvalue weighted by Gasteiger charge is -2.06. The first-order valence-corrected chi connectivity index (χ1v) is 7.00. The fourth-order valence-corrected chi connectivity index (χ4v) is 2.94. The Morgan fingerprint density at radius 3 is 2.68 bits per heavy atom. The average Bonchev–Trinajstić information content (AvgIpc) is 2.86. The number of Topliss-reactive ketones (excluding diaryl/α,β-unsaturated/α-hetero) is 1. The van der Waals surface area contributed by atoms with Gasteiger partial charge < -0.3 is 0 Å². The van der Waals surface area contributed by atoms with Gasteiger partial charge in [-0.25, -0.2) is 0 Å². The zero-order valence-electron chi connectivity index (χ0n) is 10.7. The normalized spacial score (nSPS) is 13.3. The van der Waals surface area contributed by atoms with E-state index in [4.69, 9.17) is 11.6 Å². The van der Waals surface area contributed by atoms with Gasteiger partial charge in [-0.2, -0.15) is 0 Å². The number of rotatable bonds is 3. The molecule has 2 aromatic carbocycles. The van der Waals surface area contributed by atoms with E-state index in [-0.39, 0.29) is 5.78 Å². The molecule has 1 nitrogen and oxygen atoms in total. The number of hydrogen-bond acceptors (Lipinski definition) is 1. The number of carbonyl (C=O) groups excluding carboxylic acids is 1. The predicted molar refractivity (Wildman–Crippen MR) is 78.0 cm³/mol. The Hall–Kier alpha value is -1.60. The first-order valence-electron chi connectivity index (χ1n) is 6.62. The van der Waals surface area contributed by atoms with Gasteiger partial charge in [0.1, 0.15) is 0 Å². The highest BCUT2D eigenvalue weighted by Crippen LogP contribution is 2.24. The van der Waals surface area contributed by atoms with E-state index in [0.717, 1.165) is 12.0 Å². The predicted octanol–water partition coefficient (Wildman–Crippen LogP) is 4.25. The van der Waals surface area contributed by atoms with Crippen LogP contribution in [0.25, 0.3) is 0 Å². The summed E-state index contributed by atoms with van der Waals surface area (Å²) >= 11 is 6.06. The number of hydrogen-bond donors (Lipinski definition) is 0. The van der Waals surface area contributed by atoms with E-state index < -0.39 is 0 Å². The van der Waals surface area contributed by atoms with Crippen LogP contribution in [0.3, 0.4) is 0 Å². The van der Waals surface area contributed by atoms with Gasteiger partial charge in [0.05, 0.1) is 5.02 Å². The summed E-state index contributed by atoms with van der Waals surface area (Å²) in [5.41, 5.74) is 4.55. The molecule has 0 bridgehead atoms. The molecule has 1 aliphatic carbocycles. The van der Waals surface area contributed by atoms with Crippen LogP contribution in [0.5, 0.6) is 0 Å². The van der Waals surface area contributed by atoms with Crippen molar-refractivity contribution in [1.82, 2.24) is 0 Å². The molecular formula is C17H15ClO. The van der Waals surface area contributed by atoms with Crippen LogP contribution in [0.4, 0.5) is 0 Å². The largest absolute Gasteiger partial charge is 0.294 e. The van der Waals surface area contributed by atoms with E-state index in [2.05, 4.69) is 18.2 Å². The first-order chi connectivity index (χ1) is 9.24. The summed E-state index contributed by atoms with van der Waals surface area (Å²) in [6, 6.07) is 13.7. The van der Waals surface area contributed by atoms with Crippen LogP contribution < -0.4 is 0 Å². The number of fused-ring (bicyclic) bond motifs is 1. The van der Waals surface area contributed by atoms with Crippen LogP contribution in [0.1, 0.15) is 33.5 Å². The molecule has 0 N–H and O–H groups in total. The van der Waals surface area contributed by atoms with Crippen LogP contribution in [-0.2, 0) is 19.3 Å². The van der Waals surface area contributed by atoms with Crippen molar-refractivity contribution in [2.24, 2.45) is 0 Å². The van der Waals surface area contributed by atoms with Crippen molar-refractivity contribution in [2.45, 2.75) is 25.7 Å². The Bertz CT molecular complexity index is 631. The van der Waals surface area contributed by atoms with E-state index >= 15 is 0 Å². The molecule has 0 saturated heterocycles. The minimum Gasteiger partial charge on any atom is -0.294 e. The quantitative estimate of drug-likeness (QED) is 0.762. The molecule has 0 unspecified atom stereocenters. The Morgan fingerprint density at radius 2 is 1.84 bits per heavy atom. The summed E-state index contributed by atoms with van der Waals surface area (Å²) in [7, 11) is 0. The van der Waals surface area contributed by atoms with Gasteiger partial charge in [-0.1, -0.05) is 41.9 Å². The highest BCUT2D eigenvalue weighted by Gasteiger charge is 2.14. The standard InChI is InChI=1S/C17H15ClO/c18-16-7-2-1-6-15(16)17(19)11-12-8-9-13-4-3-5-14(13)10-12/h1-2,6-10H,3-5,11H2. The molecular weight excluding hydrogens is 256 g/mol. The monoisotopic (exact) mass is 270 g/mol. The lowest BCUT2D eigenvalue weighted by molar-refractivity contribution is 0.0993. The van der Waals surface area contributed by atoms with Gasteiger partial charge in [0.15, 0.2) is 5.78 Å². The van der Waals surface area contributed by atoms with E-state index in [1.54, 1.807) is 12.1 Å². The summed E-state index contributed by atoms with van der Waals surface area (Å²) in [6.45, 7) is 0. The van der Waals surface area contributed by atoms with Gasteiger partial charge in [0.25, 0.3) is 0 Å². The van der Waals surface area contributed by atoms with Crippen LogP contribution in [0, 0.1) is 0 Å². The van der Waals surface area contributed by atoms with Crippen LogP contribution in [0.15, 0.2) is 42.5 Å². The molecule has 3 rings (SSSR count). The van der Waals surface area contributed by atoms with Crippen molar-refractivity contribution in [1.29, 1.82) is 0 Å². The zero-order valence-corrected chi connectivity index (χ0v) is 11.4. The third kappa shape index (κ3) is 2.57. The highest BCUT2D eigenvalue weighted by atomic mass is 35.5. The van der Waals surface area contributed by atoms with E-state index in [1.807, 2.05) is 12.1 Å². The number of aryl methyl sites for hydroxylation is 2. The van der Waals surface area contributed by atoms with E-state index in [1.165, 1.54) is 24.0 Å². The summed E-state index contributed by atoms with van der Waals surface area (Å²) in [6.07, 6.45) is 3.98. The van der Waals surface area contributed by atoms with Gasteiger partial charge in [0, 0.05) is 12.0 Å². The SMILES string of the molecule is O=C(Cc1ccc2c(c1)CCC2)c1ccccc1Cl. The van der Waals surface area contributed by atoms with Gasteiger partial charge in [-0.05, 0) is 48.1 Å². The van der Waals surface area contributed by atoms with Gasteiger partial charge >= 0.3 is 0 Å². The molecule has 0 amide bonds. The smallest absolute Gasteiger partial charge is 0.168 e. The summed E-state index contributed by atoms with van der Waals surface area (Å²) in [5.74, 6) is 0.0866. The number of carbonyl (C=O) groups is 1. The van der Waals surface area contributed by atoms with Gasteiger partial charge in [-0.15, -0.1) is 0 Å². The average molecular weight is 271 g/mol. The fraction of sp³-hybridized carbons (Fsp3) is 0.235. The molecule has 2 heteroatoms. The molecule has 0 aromatic heterocycles. The molecule has 0 aliphatic heterocycles. The maximum atomic E-state index is 12.3. The minimum atomic E-state index is 0.0866. The second-order valence-electron chi connectivity index (χ2n) is 5.04. The topological polar surface area (TPSA) is 17.1 Å². The second-order valence-corrected chi connectivity index (χ2v) is 5.44. The van der Waals surface area contributed by atoms with E-state index in [9.17, 15) is 4.79 Å². The molecule has 0 spiro atoms. The van der Waals surface area contributed by atoms with Crippen LogP contribution in [-0.4, -0.2) is 5.78 Å². The Morgan fingerprint density at radius 1 is 1.05 bits per heavy atom. The first kappa shape index (κ1) is 12.4. The van der Waals surface area contributed by atoms with Crippen molar-refractivity contribution in [3.8, 4) is 0 Å². The van der Waals surface area contributed by atoms with Crippen molar-refractivity contribution in [2.75, 3.05) is 0 Å². The lowest BCUT2D eigenvalue weighted by Crippen LogP contribution is -2.04. The summed E-state index contributed by atoms with van der Waals surface area (Å²) < 4.78 is 0. The molecule has 0 fully saturated rings. The third-order valence-corrected chi connectivity index (χ3v) is 4.03. The summed E-state index contributed by atoms with van der Waals surface area (Å²) in [4.78, 5) is 12.3. The number of halogens is 1. The van der Waals surface area contributed by atoms with Gasteiger partial charge in [0.2, 0.25) is 0 Å². The van der Waals surface area contributed by atoms with E-state index in [0.29, 0.717) is 17.0 Å². The minimum absolute atomic E-state index is 0.0866. The fourth-order valence-electron chi connectivity index (χ4n) is 2.70. The molecule has 0 radical (unpaired) electrons. The number of ketones is 1. The molecule has 2 aromatic rings. The Labute approximate surface area is 118 Å².